The van der Waals surface area contributed by atoms with Gasteiger partial charge >= 0.3 is 0 Å². The number of aromatic nitrogens is 3. The molecule has 0 bridgehead atoms. The first-order valence-corrected chi connectivity index (χ1v) is 9.35. The van der Waals surface area contributed by atoms with E-state index in [9.17, 15) is 0 Å². The standard InChI is InChI=1S/C23H21N5O/c1-29-18-8-9-19-16(13-14-26-21(19)15-18)7-11-22(24)28-23(25)12-10-20(27-28)17-5-3-2-4-6-17/h2-6,8-10,12-15,24-25H,7,11H2,1H3. The highest BCUT2D eigenvalue weighted by atomic mass is 16.5. The van der Waals surface area contributed by atoms with Crippen LogP contribution in [-0.4, -0.2) is 27.7 Å². The van der Waals surface area contributed by atoms with E-state index in [0.29, 0.717) is 12.8 Å². The fourth-order valence-corrected chi connectivity index (χ4v) is 3.28. The van der Waals surface area contributed by atoms with E-state index in [2.05, 4.69) is 10.1 Å². The largest absolute Gasteiger partial charge is 0.497 e. The van der Waals surface area contributed by atoms with Gasteiger partial charge in [-0.15, -0.1) is 0 Å². The number of nitrogens with one attached hydrogen (secondary N) is 2. The number of benzene rings is 2. The fourth-order valence-electron chi connectivity index (χ4n) is 3.28. The molecule has 0 saturated carbocycles. The van der Waals surface area contributed by atoms with Gasteiger partial charge in [0.15, 0.2) is 0 Å². The van der Waals surface area contributed by atoms with Crippen molar-refractivity contribution < 1.29 is 4.74 Å². The highest BCUT2D eigenvalue weighted by Gasteiger charge is 2.09. The average Bonchev–Trinajstić information content (AvgIpc) is 2.77. The predicted octanol–water partition coefficient (Wildman–Crippen LogP) is 4.04. The molecule has 2 aromatic heterocycles. The van der Waals surface area contributed by atoms with E-state index in [1.54, 1.807) is 19.4 Å². The molecule has 0 spiro atoms. The number of methoxy groups -OCH3 is 1. The summed E-state index contributed by atoms with van der Waals surface area (Å²) >= 11 is 0. The van der Waals surface area contributed by atoms with Gasteiger partial charge in [0.1, 0.15) is 17.1 Å². The maximum absolute atomic E-state index is 8.50. The minimum atomic E-state index is 0.194. The smallest absolute Gasteiger partial charge is 0.148 e. The number of hydrogen-bond donors (Lipinski definition) is 2. The average molecular weight is 383 g/mol. The molecule has 0 aliphatic heterocycles. The first-order valence-electron chi connectivity index (χ1n) is 9.35. The van der Waals surface area contributed by atoms with Crippen LogP contribution >= 0.6 is 0 Å². The molecule has 0 aliphatic rings. The van der Waals surface area contributed by atoms with E-state index in [1.165, 1.54) is 4.68 Å². The van der Waals surface area contributed by atoms with Crippen molar-refractivity contribution >= 4 is 16.7 Å². The van der Waals surface area contributed by atoms with Crippen LogP contribution < -0.4 is 10.2 Å². The van der Waals surface area contributed by atoms with Gasteiger partial charge in [-0.1, -0.05) is 30.3 Å². The molecular weight excluding hydrogens is 362 g/mol. The van der Waals surface area contributed by atoms with Gasteiger partial charge in [0.05, 0.1) is 18.3 Å². The minimum Gasteiger partial charge on any atom is -0.497 e. The quantitative estimate of drug-likeness (QED) is 0.403. The Labute approximate surface area is 168 Å². The Morgan fingerprint density at radius 1 is 1.03 bits per heavy atom. The molecular formula is C23H21N5O. The molecule has 0 amide bonds. The Morgan fingerprint density at radius 3 is 2.66 bits per heavy atom. The van der Waals surface area contributed by atoms with Gasteiger partial charge in [-0.05, 0) is 42.3 Å². The zero-order chi connectivity index (χ0) is 20.2. The second-order valence-electron chi connectivity index (χ2n) is 6.68. The van der Waals surface area contributed by atoms with Crippen LogP contribution in [0, 0.1) is 10.8 Å². The lowest BCUT2D eigenvalue weighted by Gasteiger charge is -2.11. The number of aryl methyl sites for hydroxylation is 1. The molecule has 0 atom stereocenters. The molecule has 29 heavy (non-hydrogen) atoms. The van der Waals surface area contributed by atoms with E-state index in [-0.39, 0.29) is 11.3 Å². The van der Waals surface area contributed by atoms with E-state index >= 15 is 0 Å². The molecule has 4 aromatic rings. The molecule has 6 nitrogen and oxygen atoms in total. The topological polar surface area (TPSA) is 87.6 Å². The second-order valence-corrected chi connectivity index (χ2v) is 6.68. The lowest BCUT2D eigenvalue weighted by molar-refractivity contribution is 0.415. The molecule has 0 radical (unpaired) electrons. The van der Waals surface area contributed by atoms with E-state index in [4.69, 9.17) is 15.6 Å². The molecule has 0 saturated heterocycles. The van der Waals surface area contributed by atoms with Crippen LogP contribution in [0.3, 0.4) is 0 Å². The van der Waals surface area contributed by atoms with Crippen LogP contribution in [0.2, 0.25) is 0 Å². The molecule has 0 unspecified atom stereocenters. The number of hydrogen-bond acceptors (Lipinski definition) is 5. The molecule has 144 valence electrons. The molecule has 2 aromatic carbocycles. The van der Waals surface area contributed by atoms with Crippen molar-refractivity contribution in [1.29, 1.82) is 10.8 Å². The van der Waals surface area contributed by atoms with Gasteiger partial charge in [0.25, 0.3) is 0 Å². The molecule has 6 heteroatoms. The summed E-state index contributed by atoms with van der Waals surface area (Å²) in [5.41, 5.74) is 3.87. The Bertz CT molecular complexity index is 1230. The van der Waals surface area contributed by atoms with Gasteiger partial charge in [-0.25, -0.2) is 4.68 Å². The van der Waals surface area contributed by atoms with Gasteiger partial charge in [0, 0.05) is 29.6 Å². The van der Waals surface area contributed by atoms with Crippen molar-refractivity contribution in [2.24, 2.45) is 0 Å². The zero-order valence-electron chi connectivity index (χ0n) is 16.1. The third-order valence-corrected chi connectivity index (χ3v) is 4.83. The fraction of sp³-hybridized carbons (Fsp3) is 0.130. The third-order valence-electron chi connectivity index (χ3n) is 4.83. The van der Waals surface area contributed by atoms with Crippen molar-refractivity contribution in [2.45, 2.75) is 12.8 Å². The van der Waals surface area contributed by atoms with Crippen LogP contribution in [0.1, 0.15) is 12.0 Å². The zero-order valence-corrected chi connectivity index (χ0v) is 16.1. The van der Waals surface area contributed by atoms with Crippen molar-refractivity contribution in [3.63, 3.8) is 0 Å². The van der Waals surface area contributed by atoms with E-state index in [1.807, 2.05) is 60.7 Å². The van der Waals surface area contributed by atoms with Crippen molar-refractivity contribution in [3.8, 4) is 17.0 Å². The minimum absolute atomic E-state index is 0.194. The molecule has 2 N–H and O–H groups in total. The first-order chi connectivity index (χ1) is 14.2. The van der Waals surface area contributed by atoms with Gasteiger partial charge < -0.3 is 4.74 Å². The highest BCUT2D eigenvalue weighted by molar-refractivity contribution is 5.85. The number of rotatable bonds is 5. The maximum atomic E-state index is 8.50. The number of ether oxygens (including phenoxy) is 1. The maximum Gasteiger partial charge on any atom is 0.148 e. The van der Waals surface area contributed by atoms with Crippen LogP contribution in [0.25, 0.3) is 22.2 Å². The van der Waals surface area contributed by atoms with Crippen molar-refractivity contribution in [1.82, 2.24) is 14.8 Å². The Balaban J connectivity index is 1.58. The second kappa shape index (κ2) is 8.06. The van der Waals surface area contributed by atoms with Crippen molar-refractivity contribution in [2.75, 3.05) is 7.11 Å². The molecule has 4 rings (SSSR count). The highest BCUT2D eigenvalue weighted by Crippen LogP contribution is 2.23. The monoisotopic (exact) mass is 383 g/mol. The van der Waals surface area contributed by atoms with Gasteiger partial charge in [-0.2, -0.15) is 5.10 Å². The van der Waals surface area contributed by atoms with Gasteiger partial charge in [-0.3, -0.25) is 15.8 Å². The van der Waals surface area contributed by atoms with E-state index in [0.717, 1.165) is 33.5 Å². The van der Waals surface area contributed by atoms with Gasteiger partial charge in [0.2, 0.25) is 0 Å². The number of nitrogens with zero attached hydrogens (tertiary/aromatic N) is 3. The summed E-state index contributed by atoms with van der Waals surface area (Å²) in [6, 6.07) is 21.1. The molecule has 0 aliphatic carbocycles. The summed E-state index contributed by atoms with van der Waals surface area (Å²) in [5.74, 6) is 1.05. The summed E-state index contributed by atoms with van der Waals surface area (Å²) in [7, 11) is 1.64. The van der Waals surface area contributed by atoms with Crippen LogP contribution in [0.5, 0.6) is 5.75 Å². The Hall–Kier alpha value is -3.80. The molecule has 0 fully saturated rings. The van der Waals surface area contributed by atoms with Crippen LogP contribution in [0.15, 0.2) is 72.9 Å². The summed E-state index contributed by atoms with van der Waals surface area (Å²) < 4.78 is 6.67. The normalized spacial score (nSPS) is 10.8. The molecule has 2 heterocycles. The lowest BCUT2D eigenvalue weighted by Crippen LogP contribution is -2.29. The van der Waals surface area contributed by atoms with Crippen LogP contribution in [0.4, 0.5) is 0 Å². The Kier molecular flexibility index (Phi) is 5.16. The summed E-state index contributed by atoms with van der Waals surface area (Å²) in [4.78, 5) is 4.41. The Morgan fingerprint density at radius 2 is 1.86 bits per heavy atom. The number of fused-ring (bicyclic) bond motifs is 1. The first kappa shape index (κ1) is 18.6. The summed E-state index contributed by atoms with van der Waals surface area (Å²) in [5, 5.41) is 22.2. The summed E-state index contributed by atoms with van der Waals surface area (Å²) in [6.07, 6.45) is 2.90. The van der Waals surface area contributed by atoms with E-state index < -0.39 is 0 Å². The van der Waals surface area contributed by atoms with Crippen LogP contribution in [-0.2, 0) is 6.42 Å². The SMILES string of the molecule is COc1ccc2c(CCC(=N)n3nc(-c4ccccc4)ccc3=N)ccnc2c1. The van der Waals surface area contributed by atoms with Crippen molar-refractivity contribution in [3.05, 3.63) is 84.0 Å². The predicted molar refractivity (Wildman–Crippen MR) is 113 cm³/mol. The third kappa shape index (κ3) is 3.91. The summed E-state index contributed by atoms with van der Waals surface area (Å²) in [6.45, 7) is 0. The lowest BCUT2D eigenvalue weighted by atomic mass is 10.0. The number of pyridine rings is 1.